The van der Waals surface area contributed by atoms with Crippen molar-refractivity contribution >= 4 is 9.53 Å². The zero-order chi connectivity index (χ0) is 6.83. The summed E-state index contributed by atoms with van der Waals surface area (Å²) in [6.07, 6.45) is 5.07. The van der Waals surface area contributed by atoms with Gasteiger partial charge in [0.1, 0.15) is 0 Å². The molecule has 0 fully saturated rings. The minimum absolute atomic E-state index is 1.10. The number of hydrogen-bond acceptors (Lipinski definition) is 0. The van der Waals surface area contributed by atoms with Gasteiger partial charge in [-0.1, -0.05) is 26.2 Å². The van der Waals surface area contributed by atoms with Crippen LogP contribution in [0.15, 0.2) is 0 Å². The summed E-state index contributed by atoms with van der Waals surface area (Å²) in [5.74, 6) is 0. The van der Waals surface area contributed by atoms with Gasteiger partial charge in [-0.3, -0.25) is 0 Å². The van der Waals surface area contributed by atoms with E-state index in [1.807, 2.05) is 0 Å². The monoisotopic (exact) mass is 226 g/mol. The Morgan fingerprint density at radius 3 is 2.00 bits per heavy atom. The molecule has 2 heteroatoms. The number of unbranched alkanes of at least 4 members (excludes halogenated alkanes) is 3. The van der Waals surface area contributed by atoms with E-state index in [0.29, 0.717) is 0 Å². The summed E-state index contributed by atoms with van der Waals surface area (Å²) in [7, 11) is 4.49. The van der Waals surface area contributed by atoms with Gasteiger partial charge in [0.05, 0.1) is 0 Å². The van der Waals surface area contributed by atoms with Crippen molar-refractivity contribution in [2.24, 2.45) is 0 Å². The quantitative estimate of drug-likeness (QED) is 0.394. The zero-order valence-electron chi connectivity index (χ0n) is 5.23. The topological polar surface area (TPSA) is 0 Å². The summed E-state index contributed by atoms with van der Waals surface area (Å²) in [5, 5.41) is 0. The van der Waals surface area contributed by atoms with Gasteiger partial charge in [0, 0.05) is 0 Å². The molecule has 0 spiro atoms. The Bertz CT molecular complexity index is 20.5. The molecule has 0 aromatic rings. The molecule has 0 aliphatic carbocycles. The number of rotatable bonds is 3. The Hall–Kier alpha value is 0.952. The first-order valence-corrected chi connectivity index (χ1v) is 4.83. The molecule has 0 bridgehead atoms. The molecule has 0 aliphatic rings. The first kappa shape index (κ1) is 11.7. The van der Waals surface area contributed by atoms with E-state index in [1.54, 1.807) is 0 Å². The fraction of sp³-hybridized carbons (Fsp3) is 0.833. The second-order valence-corrected chi connectivity index (χ2v) is 1.56. The molecule has 0 radical (unpaired) electrons. The molecule has 0 aliphatic heterocycles. The van der Waals surface area contributed by atoms with Crippen molar-refractivity contribution in [1.29, 1.82) is 0 Å². The van der Waals surface area contributed by atoms with Crippen LogP contribution in [0.2, 0.25) is 0 Å². The Morgan fingerprint density at radius 1 is 1.38 bits per heavy atom. The average molecular weight is 227 g/mol. The second-order valence-electron chi connectivity index (χ2n) is 1.56. The van der Waals surface area contributed by atoms with Crippen LogP contribution in [0.1, 0.15) is 32.6 Å². The van der Waals surface area contributed by atoms with Crippen molar-refractivity contribution in [2.45, 2.75) is 32.6 Å². The zero-order valence-corrected chi connectivity index (χ0v) is 7.54. The fourth-order valence-electron chi connectivity index (χ4n) is 0.427. The van der Waals surface area contributed by atoms with Gasteiger partial charge in [0.25, 0.3) is 0 Å². The van der Waals surface area contributed by atoms with Crippen LogP contribution in [0.4, 0.5) is 0 Å². The third kappa shape index (κ3) is 15.8. The summed E-state index contributed by atoms with van der Waals surface area (Å²) >= 11 is 2.22. The number of halogens is 1. The summed E-state index contributed by atoms with van der Waals surface area (Å²) in [6, 6.07) is 0. The molecule has 8 heavy (non-hydrogen) atoms. The molecule has 0 saturated carbocycles. The maximum atomic E-state index is 4.49. The first-order chi connectivity index (χ1) is 3.91. The molecular formula is C6H13ClPd. The van der Waals surface area contributed by atoms with Crippen LogP contribution in [0.25, 0.3) is 0 Å². The van der Waals surface area contributed by atoms with Crippen LogP contribution >= 0.6 is 9.53 Å². The normalized spacial score (nSPS) is 7.62. The molecule has 0 saturated heterocycles. The maximum absolute atomic E-state index is 4.49. The molecule has 0 N–H and O–H groups in total. The van der Waals surface area contributed by atoms with Gasteiger partial charge in [0.2, 0.25) is 0 Å². The standard InChI is InChI=1S/C6H13.ClH.Pd/c1-3-5-6-4-2;;/h1,3-6H2,2H3;1H;/q-1;;+2/p-1. The second kappa shape index (κ2) is 15.7. The molecule has 0 aromatic carbocycles. The van der Waals surface area contributed by atoms with Crippen LogP contribution in [0.3, 0.4) is 0 Å². The van der Waals surface area contributed by atoms with E-state index in [4.69, 9.17) is 0 Å². The average Bonchev–Trinajstić information content (AvgIpc) is 1.88. The Morgan fingerprint density at radius 2 is 1.88 bits per heavy atom. The van der Waals surface area contributed by atoms with Gasteiger partial charge >= 0.3 is 27.7 Å². The molecule has 0 atom stereocenters. The summed E-state index contributed by atoms with van der Waals surface area (Å²) in [6.45, 7) is 5.93. The van der Waals surface area contributed by atoms with Crippen molar-refractivity contribution in [1.82, 2.24) is 0 Å². The van der Waals surface area contributed by atoms with Gasteiger partial charge in [-0.05, 0) is 0 Å². The Kier molecular flexibility index (Phi) is 22.9. The van der Waals surface area contributed by atoms with E-state index in [2.05, 4.69) is 41.6 Å². The van der Waals surface area contributed by atoms with Gasteiger partial charge in [-0.15, -0.1) is 0 Å². The third-order valence-electron chi connectivity index (χ3n) is 0.854. The predicted molar refractivity (Wildman–Crippen MR) is 35.4 cm³/mol. The molecule has 54 valence electrons. The van der Waals surface area contributed by atoms with E-state index >= 15 is 0 Å². The summed E-state index contributed by atoms with van der Waals surface area (Å²) in [5.41, 5.74) is 0. The van der Waals surface area contributed by atoms with Gasteiger partial charge in [-0.2, -0.15) is 6.42 Å². The predicted octanol–water partition coefficient (Wildman–Crippen LogP) is 3.09. The Labute approximate surface area is 67.4 Å². The molecule has 0 unspecified atom stereocenters. The van der Waals surface area contributed by atoms with Crippen LogP contribution in [0, 0.1) is 6.92 Å². The van der Waals surface area contributed by atoms with Crippen LogP contribution in [0.5, 0.6) is 0 Å². The van der Waals surface area contributed by atoms with Gasteiger partial charge in [0.15, 0.2) is 0 Å². The van der Waals surface area contributed by atoms with E-state index in [0.717, 1.165) is 6.42 Å². The van der Waals surface area contributed by atoms with Gasteiger partial charge < -0.3 is 6.92 Å². The Balaban J connectivity index is 0. The van der Waals surface area contributed by atoms with Crippen LogP contribution in [-0.4, -0.2) is 0 Å². The minimum atomic E-state index is 1.10. The third-order valence-corrected chi connectivity index (χ3v) is 0.854. The number of hydrogen-bond donors (Lipinski definition) is 0. The van der Waals surface area contributed by atoms with Crippen molar-refractivity contribution in [2.75, 3.05) is 0 Å². The molecular weight excluding hydrogens is 214 g/mol. The van der Waals surface area contributed by atoms with Gasteiger partial charge in [-0.25, -0.2) is 0 Å². The summed E-state index contributed by atoms with van der Waals surface area (Å²) < 4.78 is 0. The first-order valence-electron chi connectivity index (χ1n) is 2.83. The van der Waals surface area contributed by atoms with Crippen molar-refractivity contribution < 1.29 is 18.2 Å². The summed E-state index contributed by atoms with van der Waals surface area (Å²) in [4.78, 5) is 0. The van der Waals surface area contributed by atoms with E-state index in [1.165, 1.54) is 19.3 Å². The van der Waals surface area contributed by atoms with Crippen LogP contribution < -0.4 is 0 Å². The van der Waals surface area contributed by atoms with Crippen molar-refractivity contribution in [3.63, 3.8) is 0 Å². The molecule has 0 aromatic heterocycles. The van der Waals surface area contributed by atoms with Crippen molar-refractivity contribution in [3.05, 3.63) is 6.92 Å². The van der Waals surface area contributed by atoms with Crippen molar-refractivity contribution in [3.8, 4) is 0 Å². The molecule has 0 amide bonds. The SMILES string of the molecule is [CH2-]CCCCC.[Cl][Pd+]. The van der Waals surface area contributed by atoms with E-state index in [9.17, 15) is 0 Å². The van der Waals surface area contributed by atoms with E-state index < -0.39 is 0 Å². The van der Waals surface area contributed by atoms with Crippen LogP contribution in [-0.2, 0) is 18.2 Å². The molecule has 0 rings (SSSR count). The van der Waals surface area contributed by atoms with E-state index in [-0.39, 0.29) is 0 Å². The molecule has 0 heterocycles. The molecule has 0 nitrogen and oxygen atoms in total. The fourth-order valence-corrected chi connectivity index (χ4v) is 0.427.